The molecule has 0 saturated heterocycles. The number of nitrogens with one attached hydrogen (secondary N) is 1. The van der Waals surface area contributed by atoms with E-state index in [-0.39, 0.29) is 10.6 Å². The standard InChI is InChI=1S/C8H9F2NOS/c1-2-13(11,12)8-5-6(9)3-4-7(8)10/h3-5,11H,2H2,1H3/t13-/m0/s1. The van der Waals surface area contributed by atoms with Crippen molar-refractivity contribution in [3.63, 3.8) is 0 Å². The Balaban J connectivity index is 3.38. The maximum atomic E-state index is 13.0. The second-order valence-corrected chi connectivity index (χ2v) is 4.91. The van der Waals surface area contributed by atoms with Gasteiger partial charge in [-0.2, -0.15) is 0 Å². The van der Waals surface area contributed by atoms with Gasteiger partial charge in [0.15, 0.2) is 0 Å². The van der Waals surface area contributed by atoms with Gasteiger partial charge >= 0.3 is 0 Å². The molecule has 13 heavy (non-hydrogen) atoms. The van der Waals surface area contributed by atoms with E-state index in [4.69, 9.17) is 4.78 Å². The fraction of sp³-hybridized carbons (Fsp3) is 0.250. The Morgan fingerprint density at radius 1 is 1.46 bits per heavy atom. The molecule has 0 aliphatic carbocycles. The first-order chi connectivity index (χ1) is 5.97. The molecular weight excluding hydrogens is 196 g/mol. The van der Waals surface area contributed by atoms with Crippen molar-refractivity contribution in [1.82, 2.24) is 0 Å². The van der Waals surface area contributed by atoms with Gasteiger partial charge in [0.25, 0.3) is 0 Å². The molecule has 1 aromatic rings. The number of benzene rings is 1. The topological polar surface area (TPSA) is 40.9 Å². The monoisotopic (exact) mass is 205 g/mol. The molecule has 1 rings (SSSR count). The summed E-state index contributed by atoms with van der Waals surface area (Å²) < 4.78 is 44.3. The summed E-state index contributed by atoms with van der Waals surface area (Å²) in [5.74, 6) is -1.49. The molecule has 1 atom stereocenters. The Bertz CT molecular complexity index is 414. The first-order valence-electron chi connectivity index (χ1n) is 3.69. The number of rotatable bonds is 2. The molecule has 0 amide bonds. The van der Waals surface area contributed by atoms with Crippen LogP contribution in [0.3, 0.4) is 0 Å². The Hall–Kier alpha value is -0.970. The van der Waals surface area contributed by atoms with E-state index in [1.807, 2.05) is 0 Å². The second-order valence-electron chi connectivity index (χ2n) is 2.54. The van der Waals surface area contributed by atoms with Gasteiger partial charge in [0, 0.05) is 5.75 Å². The lowest BCUT2D eigenvalue weighted by molar-refractivity contribution is 0.570. The molecule has 1 N–H and O–H groups in total. The SMILES string of the molecule is CC[S@](=N)(=O)c1cc(F)ccc1F. The molecule has 0 aliphatic heterocycles. The molecule has 0 fully saturated rings. The molecule has 5 heteroatoms. The maximum Gasteiger partial charge on any atom is 0.140 e. The molecule has 72 valence electrons. The minimum Gasteiger partial charge on any atom is -0.249 e. The number of hydrogen-bond acceptors (Lipinski definition) is 2. The first-order valence-corrected chi connectivity index (χ1v) is 5.41. The van der Waals surface area contributed by atoms with Gasteiger partial charge in [-0.25, -0.2) is 17.8 Å². The lowest BCUT2D eigenvalue weighted by Crippen LogP contribution is -2.04. The fourth-order valence-electron chi connectivity index (χ4n) is 0.885. The van der Waals surface area contributed by atoms with Gasteiger partial charge in [-0.15, -0.1) is 0 Å². The van der Waals surface area contributed by atoms with Crippen LogP contribution in [0.2, 0.25) is 0 Å². The summed E-state index contributed by atoms with van der Waals surface area (Å²) in [5.41, 5.74) is 0. The van der Waals surface area contributed by atoms with E-state index in [9.17, 15) is 13.0 Å². The molecule has 0 aromatic heterocycles. The van der Waals surface area contributed by atoms with Crippen LogP contribution < -0.4 is 0 Å². The van der Waals surface area contributed by atoms with Crippen molar-refractivity contribution in [2.45, 2.75) is 11.8 Å². The second kappa shape index (κ2) is 3.41. The summed E-state index contributed by atoms with van der Waals surface area (Å²) in [6, 6.07) is 2.63. The molecule has 0 heterocycles. The number of halogens is 2. The van der Waals surface area contributed by atoms with Crippen molar-refractivity contribution >= 4 is 9.73 Å². The van der Waals surface area contributed by atoms with Crippen LogP contribution in [-0.2, 0) is 9.73 Å². The van der Waals surface area contributed by atoms with Crippen molar-refractivity contribution in [2.75, 3.05) is 5.75 Å². The Morgan fingerprint density at radius 3 is 2.62 bits per heavy atom. The van der Waals surface area contributed by atoms with Gasteiger partial charge < -0.3 is 0 Å². The molecule has 0 bridgehead atoms. The molecule has 0 saturated carbocycles. The highest BCUT2D eigenvalue weighted by molar-refractivity contribution is 7.92. The van der Waals surface area contributed by atoms with E-state index < -0.39 is 21.4 Å². The molecule has 0 aliphatic rings. The van der Waals surface area contributed by atoms with Crippen molar-refractivity contribution in [3.8, 4) is 0 Å². The van der Waals surface area contributed by atoms with Gasteiger partial charge in [0.1, 0.15) is 11.6 Å². The van der Waals surface area contributed by atoms with Crippen molar-refractivity contribution in [2.24, 2.45) is 0 Å². The van der Waals surface area contributed by atoms with Crippen molar-refractivity contribution < 1.29 is 13.0 Å². The van der Waals surface area contributed by atoms with E-state index in [1.165, 1.54) is 6.92 Å². The molecular formula is C8H9F2NOS. The normalized spacial score (nSPS) is 15.3. The summed E-state index contributed by atoms with van der Waals surface area (Å²) in [4.78, 5) is -0.352. The van der Waals surface area contributed by atoms with Crippen molar-refractivity contribution in [3.05, 3.63) is 29.8 Å². The van der Waals surface area contributed by atoms with Gasteiger partial charge in [0.2, 0.25) is 0 Å². The summed E-state index contributed by atoms with van der Waals surface area (Å²) in [7, 11) is -3.17. The largest absolute Gasteiger partial charge is 0.249 e. The molecule has 2 nitrogen and oxygen atoms in total. The van der Waals surface area contributed by atoms with Crippen LogP contribution in [0.15, 0.2) is 23.1 Å². The van der Waals surface area contributed by atoms with Gasteiger partial charge in [-0.05, 0) is 18.2 Å². The average Bonchev–Trinajstić information content (AvgIpc) is 2.09. The predicted molar refractivity (Wildman–Crippen MR) is 46.0 cm³/mol. The average molecular weight is 205 g/mol. The highest BCUT2D eigenvalue weighted by Crippen LogP contribution is 2.17. The summed E-state index contributed by atoms with van der Waals surface area (Å²) in [6.07, 6.45) is 0. The lowest BCUT2D eigenvalue weighted by atomic mass is 10.3. The minimum absolute atomic E-state index is 0.0205. The Labute approximate surface area is 75.6 Å². The van der Waals surface area contributed by atoms with Crippen LogP contribution >= 0.6 is 0 Å². The van der Waals surface area contributed by atoms with Crippen LogP contribution in [-0.4, -0.2) is 9.96 Å². The Kier molecular flexibility index (Phi) is 2.66. The quantitative estimate of drug-likeness (QED) is 0.791. The predicted octanol–water partition coefficient (Wildman–Crippen LogP) is 2.39. The fourth-order valence-corrected chi connectivity index (χ4v) is 1.88. The van der Waals surface area contributed by atoms with Crippen LogP contribution in [0.4, 0.5) is 8.78 Å². The highest BCUT2D eigenvalue weighted by Gasteiger charge is 2.13. The molecule has 0 spiro atoms. The van der Waals surface area contributed by atoms with E-state index in [0.717, 1.165) is 18.2 Å². The molecule has 0 radical (unpaired) electrons. The Morgan fingerprint density at radius 2 is 2.08 bits per heavy atom. The third kappa shape index (κ3) is 2.03. The summed E-state index contributed by atoms with van der Waals surface area (Å²) in [5, 5.41) is 0. The van der Waals surface area contributed by atoms with Gasteiger partial charge in [-0.1, -0.05) is 6.92 Å². The third-order valence-electron chi connectivity index (χ3n) is 1.66. The molecule has 1 aromatic carbocycles. The smallest absolute Gasteiger partial charge is 0.140 e. The van der Waals surface area contributed by atoms with E-state index in [2.05, 4.69) is 0 Å². The van der Waals surface area contributed by atoms with Crippen LogP contribution in [0.25, 0.3) is 0 Å². The minimum atomic E-state index is -3.17. The molecule has 0 unspecified atom stereocenters. The van der Waals surface area contributed by atoms with Crippen LogP contribution in [0.1, 0.15) is 6.92 Å². The highest BCUT2D eigenvalue weighted by atomic mass is 32.2. The zero-order valence-electron chi connectivity index (χ0n) is 7.01. The van der Waals surface area contributed by atoms with Crippen LogP contribution in [0.5, 0.6) is 0 Å². The third-order valence-corrected chi connectivity index (χ3v) is 3.49. The van der Waals surface area contributed by atoms with Crippen molar-refractivity contribution in [1.29, 1.82) is 4.78 Å². The summed E-state index contributed by atoms with van der Waals surface area (Å²) in [6.45, 7) is 1.50. The lowest BCUT2D eigenvalue weighted by Gasteiger charge is -2.05. The van der Waals surface area contributed by atoms with E-state index >= 15 is 0 Å². The van der Waals surface area contributed by atoms with Crippen LogP contribution in [0, 0.1) is 16.4 Å². The zero-order valence-corrected chi connectivity index (χ0v) is 7.83. The number of hydrogen-bond donors (Lipinski definition) is 1. The maximum absolute atomic E-state index is 13.0. The van der Waals surface area contributed by atoms with Gasteiger partial charge in [0.05, 0.1) is 14.6 Å². The first kappa shape index (κ1) is 10.1. The zero-order chi connectivity index (χ0) is 10.1. The van der Waals surface area contributed by atoms with E-state index in [1.54, 1.807) is 0 Å². The summed E-state index contributed by atoms with van der Waals surface area (Å²) >= 11 is 0. The van der Waals surface area contributed by atoms with Gasteiger partial charge in [-0.3, -0.25) is 0 Å². The van der Waals surface area contributed by atoms with E-state index in [0.29, 0.717) is 0 Å².